The lowest BCUT2D eigenvalue weighted by molar-refractivity contribution is 0.134. The zero-order valence-electron chi connectivity index (χ0n) is 16.7. The highest BCUT2D eigenvalue weighted by atomic mass is 35.5. The molecule has 2 N–H and O–H groups in total. The standard InChI is InChI=1S/C22H31ClN4O/c1-2-24-22(26-15-12-20-10-11-21(23)27-18-20)25-14-6-7-16-28-17-13-19-8-4-3-5-9-19/h3-5,8-11,18H,2,6-7,12-17H2,1H3,(H2,24,25,26). The van der Waals surface area contributed by atoms with Gasteiger partial charge in [0.2, 0.25) is 0 Å². The van der Waals surface area contributed by atoms with Gasteiger partial charge in [-0.05, 0) is 49.8 Å². The van der Waals surface area contributed by atoms with Crippen molar-refractivity contribution in [2.24, 2.45) is 4.99 Å². The van der Waals surface area contributed by atoms with Gasteiger partial charge in [0.25, 0.3) is 0 Å². The van der Waals surface area contributed by atoms with Crippen LogP contribution in [0, 0.1) is 0 Å². The minimum Gasteiger partial charge on any atom is -0.381 e. The molecule has 0 aliphatic rings. The Morgan fingerprint density at radius 1 is 1.00 bits per heavy atom. The summed E-state index contributed by atoms with van der Waals surface area (Å²) in [5.41, 5.74) is 2.48. The minimum absolute atomic E-state index is 0.524. The number of nitrogens with one attached hydrogen (secondary N) is 2. The van der Waals surface area contributed by atoms with Gasteiger partial charge in [-0.15, -0.1) is 0 Å². The van der Waals surface area contributed by atoms with E-state index in [9.17, 15) is 0 Å². The molecule has 0 aliphatic carbocycles. The number of hydrogen-bond acceptors (Lipinski definition) is 3. The van der Waals surface area contributed by atoms with Gasteiger partial charge in [-0.2, -0.15) is 0 Å². The van der Waals surface area contributed by atoms with E-state index in [0.29, 0.717) is 5.15 Å². The van der Waals surface area contributed by atoms with Crippen LogP contribution in [0.1, 0.15) is 30.9 Å². The first kappa shape index (κ1) is 22.2. The molecule has 2 rings (SSSR count). The number of ether oxygens (including phenoxy) is 1. The Morgan fingerprint density at radius 3 is 2.61 bits per heavy atom. The number of nitrogens with zero attached hydrogens (tertiary/aromatic N) is 2. The van der Waals surface area contributed by atoms with E-state index >= 15 is 0 Å². The third kappa shape index (κ3) is 9.72. The van der Waals surface area contributed by atoms with E-state index in [1.807, 2.05) is 24.4 Å². The summed E-state index contributed by atoms with van der Waals surface area (Å²) in [5, 5.41) is 7.16. The number of halogens is 1. The van der Waals surface area contributed by atoms with Crippen molar-refractivity contribution >= 4 is 17.6 Å². The molecular formula is C22H31ClN4O. The summed E-state index contributed by atoms with van der Waals surface area (Å²) in [6, 6.07) is 14.3. The maximum Gasteiger partial charge on any atom is 0.191 e. The van der Waals surface area contributed by atoms with Crippen LogP contribution < -0.4 is 10.6 Å². The van der Waals surface area contributed by atoms with E-state index in [-0.39, 0.29) is 0 Å². The lowest BCUT2D eigenvalue weighted by Gasteiger charge is -2.11. The minimum atomic E-state index is 0.524. The fourth-order valence-corrected chi connectivity index (χ4v) is 2.78. The molecule has 0 fully saturated rings. The van der Waals surface area contributed by atoms with Crippen molar-refractivity contribution in [3.63, 3.8) is 0 Å². The first-order valence-electron chi connectivity index (χ1n) is 10.0. The Balaban J connectivity index is 1.55. The van der Waals surface area contributed by atoms with E-state index in [2.05, 4.69) is 51.8 Å². The third-order valence-corrected chi connectivity index (χ3v) is 4.41. The summed E-state index contributed by atoms with van der Waals surface area (Å²) in [7, 11) is 0. The Kier molecular flexibility index (Phi) is 11.1. The second-order valence-electron chi connectivity index (χ2n) is 6.48. The van der Waals surface area contributed by atoms with Crippen LogP contribution in [0.15, 0.2) is 53.7 Å². The van der Waals surface area contributed by atoms with Gasteiger partial charge in [0.05, 0.1) is 6.61 Å². The van der Waals surface area contributed by atoms with Crippen LogP contribution in [0.25, 0.3) is 0 Å². The highest BCUT2D eigenvalue weighted by molar-refractivity contribution is 6.29. The second-order valence-corrected chi connectivity index (χ2v) is 6.87. The topological polar surface area (TPSA) is 58.5 Å². The molecule has 6 heteroatoms. The molecule has 0 aliphatic heterocycles. The molecule has 0 bridgehead atoms. The van der Waals surface area contributed by atoms with E-state index < -0.39 is 0 Å². The zero-order valence-corrected chi connectivity index (χ0v) is 17.4. The molecule has 2 aromatic rings. The number of pyridine rings is 1. The average molecular weight is 403 g/mol. The van der Waals surface area contributed by atoms with Crippen molar-refractivity contribution in [3.05, 3.63) is 64.9 Å². The largest absolute Gasteiger partial charge is 0.381 e. The molecule has 152 valence electrons. The SMILES string of the molecule is CCNC(=NCCCCOCCc1ccccc1)NCCc1ccc(Cl)nc1. The molecule has 1 aromatic heterocycles. The van der Waals surface area contributed by atoms with E-state index in [4.69, 9.17) is 16.3 Å². The summed E-state index contributed by atoms with van der Waals surface area (Å²) in [5.74, 6) is 0.856. The van der Waals surface area contributed by atoms with Crippen LogP contribution in [0.3, 0.4) is 0 Å². The Morgan fingerprint density at radius 2 is 1.86 bits per heavy atom. The summed E-state index contributed by atoms with van der Waals surface area (Å²) < 4.78 is 5.72. The molecule has 28 heavy (non-hydrogen) atoms. The van der Waals surface area contributed by atoms with E-state index in [0.717, 1.165) is 70.1 Å². The van der Waals surface area contributed by atoms with Crippen molar-refractivity contribution in [2.45, 2.75) is 32.6 Å². The van der Waals surface area contributed by atoms with Crippen molar-refractivity contribution in [1.29, 1.82) is 0 Å². The van der Waals surface area contributed by atoms with Crippen LogP contribution in [0.5, 0.6) is 0 Å². The van der Waals surface area contributed by atoms with Crippen molar-refractivity contribution < 1.29 is 4.74 Å². The number of hydrogen-bond donors (Lipinski definition) is 2. The molecule has 0 radical (unpaired) electrons. The van der Waals surface area contributed by atoms with Gasteiger partial charge >= 0.3 is 0 Å². The average Bonchev–Trinajstić information content (AvgIpc) is 2.72. The van der Waals surface area contributed by atoms with Crippen LogP contribution in [0.2, 0.25) is 5.15 Å². The first-order valence-corrected chi connectivity index (χ1v) is 10.4. The van der Waals surface area contributed by atoms with Crippen LogP contribution in [0.4, 0.5) is 0 Å². The quantitative estimate of drug-likeness (QED) is 0.245. The summed E-state index contributed by atoms with van der Waals surface area (Å²) in [4.78, 5) is 8.73. The molecule has 0 saturated carbocycles. The highest BCUT2D eigenvalue weighted by Gasteiger charge is 1.99. The Hall–Kier alpha value is -2.11. The van der Waals surface area contributed by atoms with Crippen LogP contribution in [-0.4, -0.2) is 43.8 Å². The molecule has 0 atom stereocenters. The van der Waals surface area contributed by atoms with Crippen molar-refractivity contribution in [3.8, 4) is 0 Å². The monoisotopic (exact) mass is 402 g/mol. The predicted molar refractivity (Wildman–Crippen MR) is 117 cm³/mol. The molecular weight excluding hydrogens is 372 g/mol. The molecule has 1 aromatic carbocycles. The summed E-state index contributed by atoms with van der Waals surface area (Å²) in [6.45, 7) is 6.07. The number of aliphatic imine (C=N–C) groups is 1. The van der Waals surface area contributed by atoms with Gasteiger partial charge in [0, 0.05) is 32.4 Å². The molecule has 0 amide bonds. The fourth-order valence-electron chi connectivity index (χ4n) is 2.66. The predicted octanol–water partition coefficient (Wildman–Crippen LogP) is 3.87. The van der Waals surface area contributed by atoms with Crippen LogP contribution >= 0.6 is 11.6 Å². The van der Waals surface area contributed by atoms with Gasteiger partial charge in [-0.1, -0.05) is 48.0 Å². The van der Waals surface area contributed by atoms with E-state index in [1.165, 1.54) is 5.56 Å². The van der Waals surface area contributed by atoms with Crippen LogP contribution in [-0.2, 0) is 17.6 Å². The number of rotatable bonds is 12. The lowest BCUT2D eigenvalue weighted by atomic mass is 10.2. The van der Waals surface area contributed by atoms with Gasteiger partial charge < -0.3 is 15.4 Å². The lowest BCUT2D eigenvalue weighted by Crippen LogP contribution is -2.38. The number of unbranched alkanes of at least 4 members (excludes halogenated alkanes) is 1. The van der Waals surface area contributed by atoms with Gasteiger partial charge in [0.1, 0.15) is 5.15 Å². The summed E-state index contributed by atoms with van der Waals surface area (Å²) in [6.07, 6.45) is 5.70. The molecule has 0 saturated heterocycles. The molecule has 1 heterocycles. The van der Waals surface area contributed by atoms with Gasteiger partial charge in [-0.3, -0.25) is 4.99 Å². The molecule has 0 unspecified atom stereocenters. The summed E-state index contributed by atoms with van der Waals surface area (Å²) >= 11 is 5.81. The van der Waals surface area contributed by atoms with Crippen molar-refractivity contribution in [1.82, 2.24) is 15.6 Å². The van der Waals surface area contributed by atoms with Gasteiger partial charge in [0.15, 0.2) is 5.96 Å². The number of benzene rings is 1. The normalized spacial score (nSPS) is 11.4. The zero-order chi connectivity index (χ0) is 19.9. The highest BCUT2D eigenvalue weighted by Crippen LogP contribution is 2.05. The third-order valence-electron chi connectivity index (χ3n) is 4.18. The maximum atomic E-state index is 5.81. The second kappa shape index (κ2) is 14.0. The maximum absolute atomic E-state index is 5.81. The fraction of sp³-hybridized carbons (Fsp3) is 0.455. The number of guanidine groups is 1. The number of aromatic nitrogens is 1. The Labute approximate surface area is 173 Å². The molecule has 5 nitrogen and oxygen atoms in total. The smallest absolute Gasteiger partial charge is 0.191 e. The first-order chi connectivity index (χ1) is 13.8. The molecule has 0 spiro atoms. The van der Waals surface area contributed by atoms with Crippen molar-refractivity contribution in [2.75, 3.05) is 32.8 Å². The van der Waals surface area contributed by atoms with E-state index in [1.54, 1.807) is 0 Å². The van der Waals surface area contributed by atoms with Gasteiger partial charge in [-0.25, -0.2) is 4.98 Å². The Bertz CT molecular complexity index is 677.